The normalized spacial score (nSPS) is 28.1. The molecule has 4 heteroatoms. The highest BCUT2D eigenvalue weighted by molar-refractivity contribution is 5.22. The summed E-state index contributed by atoms with van der Waals surface area (Å²) in [6.07, 6.45) is 1.74. The first-order valence-electron chi connectivity index (χ1n) is 6.86. The number of aliphatic hydroxyl groups is 1. The Bertz CT molecular complexity index is 434. The van der Waals surface area contributed by atoms with E-state index in [0.29, 0.717) is 6.54 Å². The van der Waals surface area contributed by atoms with Crippen LogP contribution in [0.1, 0.15) is 38.3 Å². The van der Waals surface area contributed by atoms with Crippen LogP contribution in [0, 0.1) is 5.82 Å². The van der Waals surface area contributed by atoms with Crippen LogP contribution in [0.3, 0.4) is 0 Å². The summed E-state index contributed by atoms with van der Waals surface area (Å²) in [6, 6.07) is 6.42. The number of nitrogens with zero attached hydrogens (tertiary/aromatic N) is 1. The second-order valence-corrected chi connectivity index (χ2v) is 5.93. The fourth-order valence-corrected chi connectivity index (χ4v) is 3.03. The number of hydrogen-bond donors (Lipinski definition) is 2. The van der Waals surface area contributed by atoms with Crippen molar-refractivity contribution in [3.05, 3.63) is 35.6 Å². The molecule has 1 aromatic carbocycles. The van der Waals surface area contributed by atoms with Crippen molar-refractivity contribution in [2.45, 2.75) is 44.4 Å². The van der Waals surface area contributed by atoms with Crippen molar-refractivity contribution >= 4 is 0 Å². The van der Waals surface area contributed by atoms with Crippen LogP contribution in [0.4, 0.5) is 4.39 Å². The Morgan fingerprint density at radius 1 is 1.47 bits per heavy atom. The maximum atomic E-state index is 13.4. The fourth-order valence-electron chi connectivity index (χ4n) is 3.03. The molecule has 3 atom stereocenters. The molecule has 106 valence electrons. The first kappa shape index (κ1) is 14.4. The van der Waals surface area contributed by atoms with Gasteiger partial charge in [-0.15, -0.1) is 0 Å². The number of benzene rings is 1. The third-order valence-corrected chi connectivity index (χ3v) is 3.79. The summed E-state index contributed by atoms with van der Waals surface area (Å²) in [4.78, 5) is 2.17. The summed E-state index contributed by atoms with van der Waals surface area (Å²) in [7, 11) is 0. The standard InChI is InChI=1S/C15H23FN2O/c1-11(17)14(12-5-3-6-13(16)9-12)18-8-4-7-15(2,19)10-18/h3,5-6,9,11,14,19H,4,7-8,10,17H2,1-2H3. The molecule has 1 saturated heterocycles. The van der Waals surface area contributed by atoms with E-state index >= 15 is 0 Å². The zero-order valence-corrected chi connectivity index (χ0v) is 11.6. The number of nitrogens with two attached hydrogens (primary N) is 1. The lowest BCUT2D eigenvalue weighted by molar-refractivity contribution is -0.0333. The molecule has 0 radical (unpaired) electrons. The maximum absolute atomic E-state index is 13.4. The van der Waals surface area contributed by atoms with Gasteiger partial charge in [0.25, 0.3) is 0 Å². The molecule has 1 heterocycles. The van der Waals surface area contributed by atoms with E-state index in [1.54, 1.807) is 6.07 Å². The van der Waals surface area contributed by atoms with E-state index in [1.807, 2.05) is 19.9 Å². The van der Waals surface area contributed by atoms with E-state index < -0.39 is 5.60 Å². The molecule has 0 spiro atoms. The van der Waals surface area contributed by atoms with Crippen LogP contribution < -0.4 is 5.73 Å². The molecule has 0 bridgehead atoms. The first-order valence-corrected chi connectivity index (χ1v) is 6.86. The van der Waals surface area contributed by atoms with Gasteiger partial charge < -0.3 is 10.8 Å². The smallest absolute Gasteiger partial charge is 0.123 e. The number of β-amino-alcohol motifs (C(OH)–C–C–N with tert-alkyl or cyclic N) is 1. The summed E-state index contributed by atoms with van der Waals surface area (Å²) in [5.41, 5.74) is 6.29. The van der Waals surface area contributed by atoms with Crippen LogP contribution in [0.2, 0.25) is 0 Å². The van der Waals surface area contributed by atoms with Gasteiger partial charge in [0, 0.05) is 18.6 Å². The van der Waals surface area contributed by atoms with Crippen molar-refractivity contribution in [1.82, 2.24) is 4.90 Å². The van der Waals surface area contributed by atoms with Crippen molar-refractivity contribution in [1.29, 1.82) is 0 Å². The Hall–Kier alpha value is -0.970. The minimum absolute atomic E-state index is 0.0533. The first-order chi connectivity index (χ1) is 8.89. The molecule has 1 fully saturated rings. The average molecular weight is 266 g/mol. The van der Waals surface area contributed by atoms with E-state index in [-0.39, 0.29) is 17.9 Å². The van der Waals surface area contributed by atoms with Crippen LogP contribution in [0.5, 0.6) is 0 Å². The molecule has 0 aromatic heterocycles. The van der Waals surface area contributed by atoms with E-state index in [9.17, 15) is 9.50 Å². The number of hydrogen-bond acceptors (Lipinski definition) is 3. The van der Waals surface area contributed by atoms with Gasteiger partial charge in [-0.3, -0.25) is 4.90 Å². The van der Waals surface area contributed by atoms with Gasteiger partial charge in [0.1, 0.15) is 5.82 Å². The molecule has 3 N–H and O–H groups in total. The van der Waals surface area contributed by atoms with Crippen LogP contribution in [-0.4, -0.2) is 34.7 Å². The van der Waals surface area contributed by atoms with Gasteiger partial charge >= 0.3 is 0 Å². The van der Waals surface area contributed by atoms with Gasteiger partial charge in [0.2, 0.25) is 0 Å². The van der Waals surface area contributed by atoms with Gasteiger partial charge in [0.05, 0.1) is 5.60 Å². The molecule has 1 aromatic rings. The lowest BCUT2D eigenvalue weighted by atomic mass is 9.90. The van der Waals surface area contributed by atoms with Crippen LogP contribution in [0.25, 0.3) is 0 Å². The predicted molar refractivity (Wildman–Crippen MR) is 74.2 cm³/mol. The Labute approximate surface area is 114 Å². The van der Waals surface area contributed by atoms with Crippen LogP contribution in [0.15, 0.2) is 24.3 Å². The third-order valence-electron chi connectivity index (χ3n) is 3.79. The van der Waals surface area contributed by atoms with Crippen molar-refractivity contribution in [2.24, 2.45) is 5.73 Å². The third kappa shape index (κ3) is 3.53. The monoisotopic (exact) mass is 266 g/mol. The van der Waals surface area contributed by atoms with Crippen molar-refractivity contribution in [2.75, 3.05) is 13.1 Å². The van der Waals surface area contributed by atoms with Gasteiger partial charge in [-0.05, 0) is 50.9 Å². The minimum atomic E-state index is -0.682. The molecule has 19 heavy (non-hydrogen) atoms. The Balaban J connectivity index is 2.25. The molecule has 0 aliphatic carbocycles. The average Bonchev–Trinajstić information content (AvgIpc) is 2.27. The largest absolute Gasteiger partial charge is 0.389 e. The van der Waals surface area contributed by atoms with Gasteiger partial charge in [-0.2, -0.15) is 0 Å². The second-order valence-electron chi connectivity index (χ2n) is 5.93. The summed E-state index contributed by atoms with van der Waals surface area (Å²) >= 11 is 0. The van der Waals surface area contributed by atoms with Gasteiger partial charge in [0.15, 0.2) is 0 Å². The van der Waals surface area contributed by atoms with E-state index in [1.165, 1.54) is 12.1 Å². The Kier molecular flexibility index (Phi) is 4.23. The van der Waals surface area contributed by atoms with E-state index in [2.05, 4.69) is 4.90 Å². The molecule has 1 aliphatic heterocycles. The summed E-state index contributed by atoms with van der Waals surface area (Å²) in [5.74, 6) is -0.244. The number of likely N-dealkylation sites (tertiary alicyclic amines) is 1. The lowest BCUT2D eigenvalue weighted by Crippen LogP contribution is -2.50. The molecule has 2 rings (SSSR count). The SMILES string of the molecule is CC(N)C(c1cccc(F)c1)N1CCCC(C)(O)C1. The Morgan fingerprint density at radius 2 is 2.21 bits per heavy atom. The second kappa shape index (κ2) is 5.57. The molecule has 3 nitrogen and oxygen atoms in total. The zero-order valence-electron chi connectivity index (χ0n) is 11.6. The Morgan fingerprint density at radius 3 is 2.79 bits per heavy atom. The predicted octanol–water partition coefficient (Wildman–Crippen LogP) is 2.06. The van der Waals surface area contributed by atoms with Crippen molar-refractivity contribution in [3.8, 4) is 0 Å². The summed E-state index contributed by atoms with van der Waals surface area (Å²) < 4.78 is 13.4. The van der Waals surface area contributed by atoms with Crippen molar-refractivity contribution < 1.29 is 9.50 Å². The van der Waals surface area contributed by atoms with Crippen LogP contribution >= 0.6 is 0 Å². The molecular formula is C15H23FN2O. The quantitative estimate of drug-likeness (QED) is 0.880. The highest BCUT2D eigenvalue weighted by Crippen LogP contribution is 2.30. The van der Waals surface area contributed by atoms with E-state index in [0.717, 1.165) is 24.9 Å². The highest BCUT2D eigenvalue weighted by Gasteiger charge is 2.34. The van der Waals surface area contributed by atoms with Gasteiger partial charge in [-0.1, -0.05) is 12.1 Å². The van der Waals surface area contributed by atoms with E-state index in [4.69, 9.17) is 5.73 Å². The number of piperidine rings is 1. The summed E-state index contributed by atoms with van der Waals surface area (Å²) in [5, 5.41) is 10.2. The number of rotatable bonds is 3. The number of halogens is 1. The van der Waals surface area contributed by atoms with Crippen LogP contribution in [-0.2, 0) is 0 Å². The maximum Gasteiger partial charge on any atom is 0.123 e. The minimum Gasteiger partial charge on any atom is -0.389 e. The molecule has 0 saturated carbocycles. The topological polar surface area (TPSA) is 49.5 Å². The highest BCUT2D eigenvalue weighted by atomic mass is 19.1. The molecule has 1 aliphatic rings. The zero-order chi connectivity index (χ0) is 14.0. The lowest BCUT2D eigenvalue weighted by Gasteiger charge is -2.42. The van der Waals surface area contributed by atoms with Gasteiger partial charge in [-0.25, -0.2) is 4.39 Å². The molecule has 0 amide bonds. The van der Waals surface area contributed by atoms with Crippen molar-refractivity contribution in [3.63, 3.8) is 0 Å². The fraction of sp³-hybridized carbons (Fsp3) is 0.600. The molecule has 3 unspecified atom stereocenters. The summed E-state index contributed by atoms with van der Waals surface area (Å²) in [6.45, 7) is 5.25. The molecular weight excluding hydrogens is 243 g/mol.